The van der Waals surface area contributed by atoms with Crippen LogP contribution in [0.2, 0.25) is 0 Å². The lowest BCUT2D eigenvalue weighted by Crippen LogP contribution is -2.39. The zero-order valence-electron chi connectivity index (χ0n) is 12.4. The summed E-state index contributed by atoms with van der Waals surface area (Å²) in [5.74, 6) is 1.74. The second-order valence-corrected chi connectivity index (χ2v) is 5.75. The van der Waals surface area contributed by atoms with Crippen LogP contribution in [0, 0.1) is 0 Å². The van der Waals surface area contributed by atoms with E-state index in [2.05, 4.69) is 27.7 Å². The molecule has 0 aromatic heterocycles. The van der Waals surface area contributed by atoms with Crippen LogP contribution in [0.1, 0.15) is 58.6 Å². The molecule has 106 valence electrons. The van der Waals surface area contributed by atoms with Crippen molar-refractivity contribution in [3.63, 3.8) is 0 Å². The van der Waals surface area contributed by atoms with Crippen molar-refractivity contribution in [2.75, 3.05) is 0 Å². The van der Waals surface area contributed by atoms with Gasteiger partial charge in [-0.3, -0.25) is 0 Å². The van der Waals surface area contributed by atoms with Crippen LogP contribution >= 0.6 is 0 Å². The predicted molar refractivity (Wildman–Crippen MR) is 77.7 cm³/mol. The number of hydrogen-bond donors (Lipinski definition) is 1. The molecule has 0 spiro atoms. The fourth-order valence-electron chi connectivity index (χ4n) is 2.40. The standard InChI is InChI=1S/C16H25NO2/c1-5-11(3)18-12-7-8-13-14(17)10-16(4,6-2)19-15(13)9-12/h7-9,11,14H,5-6,10,17H2,1-4H3. The summed E-state index contributed by atoms with van der Waals surface area (Å²) in [6.07, 6.45) is 3.02. The molecule has 1 aromatic rings. The fraction of sp³-hybridized carbons (Fsp3) is 0.625. The summed E-state index contributed by atoms with van der Waals surface area (Å²) < 4.78 is 12.0. The summed E-state index contributed by atoms with van der Waals surface area (Å²) >= 11 is 0. The largest absolute Gasteiger partial charge is 0.491 e. The quantitative estimate of drug-likeness (QED) is 0.898. The van der Waals surface area contributed by atoms with Gasteiger partial charge in [-0.1, -0.05) is 19.9 Å². The highest BCUT2D eigenvalue weighted by Crippen LogP contribution is 2.41. The maximum absolute atomic E-state index is 6.25. The average Bonchev–Trinajstić information content (AvgIpc) is 2.38. The molecule has 1 heterocycles. The van der Waals surface area contributed by atoms with Crippen molar-refractivity contribution in [3.05, 3.63) is 23.8 Å². The second-order valence-electron chi connectivity index (χ2n) is 5.75. The Morgan fingerprint density at radius 1 is 1.47 bits per heavy atom. The molecule has 1 aliphatic heterocycles. The molecule has 19 heavy (non-hydrogen) atoms. The van der Waals surface area contributed by atoms with E-state index in [4.69, 9.17) is 15.2 Å². The van der Waals surface area contributed by atoms with Crippen molar-refractivity contribution in [2.24, 2.45) is 5.73 Å². The first-order chi connectivity index (χ1) is 8.97. The number of fused-ring (bicyclic) bond motifs is 1. The highest BCUT2D eigenvalue weighted by atomic mass is 16.5. The van der Waals surface area contributed by atoms with E-state index >= 15 is 0 Å². The number of ether oxygens (including phenoxy) is 2. The maximum atomic E-state index is 6.25. The second kappa shape index (κ2) is 5.41. The van der Waals surface area contributed by atoms with E-state index in [0.29, 0.717) is 0 Å². The molecule has 0 saturated heterocycles. The Morgan fingerprint density at radius 3 is 2.84 bits per heavy atom. The van der Waals surface area contributed by atoms with Crippen LogP contribution in [0.4, 0.5) is 0 Å². The van der Waals surface area contributed by atoms with Crippen molar-refractivity contribution < 1.29 is 9.47 Å². The predicted octanol–water partition coefficient (Wildman–Crippen LogP) is 3.81. The molecule has 0 amide bonds. The normalized spacial score (nSPS) is 27.3. The first kappa shape index (κ1) is 14.2. The van der Waals surface area contributed by atoms with Crippen molar-refractivity contribution in [2.45, 2.75) is 64.7 Å². The third-order valence-corrected chi connectivity index (χ3v) is 4.05. The van der Waals surface area contributed by atoms with Gasteiger partial charge >= 0.3 is 0 Å². The van der Waals surface area contributed by atoms with Gasteiger partial charge in [-0.25, -0.2) is 0 Å². The lowest BCUT2D eigenvalue weighted by Gasteiger charge is -2.38. The molecule has 3 heteroatoms. The minimum atomic E-state index is -0.165. The number of benzene rings is 1. The monoisotopic (exact) mass is 263 g/mol. The minimum absolute atomic E-state index is 0.0475. The van der Waals surface area contributed by atoms with E-state index < -0.39 is 0 Å². The van der Waals surface area contributed by atoms with Gasteiger partial charge in [-0.2, -0.15) is 0 Å². The molecule has 2 N–H and O–H groups in total. The zero-order valence-corrected chi connectivity index (χ0v) is 12.4. The lowest BCUT2D eigenvalue weighted by molar-refractivity contribution is 0.0498. The Balaban J connectivity index is 2.26. The van der Waals surface area contributed by atoms with Crippen LogP contribution in [0.15, 0.2) is 18.2 Å². The Hall–Kier alpha value is -1.22. The Morgan fingerprint density at radius 2 is 2.21 bits per heavy atom. The van der Waals surface area contributed by atoms with Gasteiger partial charge in [0.2, 0.25) is 0 Å². The Labute approximate surface area is 116 Å². The molecule has 3 nitrogen and oxygen atoms in total. The molecular weight excluding hydrogens is 238 g/mol. The maximum Gasteiger partial charge on any atom is 0.128 e. The van der Waals surface area contributed by atoms with E-state index in [0.717, 1.165) is 36.3 Å². The molecule has 2 rings (SSSR count). The molecule has 0 saturated carbocycles. The highest BCUT2D eigenvalue weighted by molar-refractivity contribution is 5.44. The summed E-state index contributed by atoms with van der Waals surface area (Å²) in [6, 6.07) is 6.05. The summed E-state index contributed by atoms with van der Waals surface area (Å²) in [5.41, 5.74) is 7.17. The van der Waals surface area contributed by atoms with Crippen LogP contribution in [0.3, 0.4) is 0 Å². The molecule has 0 fully saturated rings. The molecule has 3 atom stereocenters. The van der Waals surface area contributed by atoms with Crippen molar-refractivity contribution in [3.8, 4) is 11.5 Å². The third kappa shape index (κ3) is 3.03. The van der Waals surface area contributed by atoms with Gasteiger partial charge in [0.25, 0.3) is 0 Å². The van der Waals surface area contributed by atoms with Crippen LogP contribution in [-0.2, 0) is 0 Å². The molecule has 1 aromatic carbocycles. The van der Waals surface area contributed by atoms with Crippen molar-refractivity contribution in [1.29, 1.82) is 0 Å². The number of rotatable bonds is 4. The molecule has 3 unspecified atom stereocenters. The van der Waals surface area contributed by atoms with E-state index in [1.165, 1.54) is 0 Å². The molecular formula is C16H25NO2. The molecule has 0 bridgehead atoms. The fourth-order valence-corrected chi connectivity index (χ4v) is 2.40. The molecule has 0 aliphatic carbocycles. The molecule has 1 aliphatic rings. The minimum Gasteiger partial charge on any atom is -0.491 e. The van der Waals surface area contributed by atoms with E-state index in [-0.39, 0.29) is 17.7 Å². The molecule has 0 radical (unpaired) electrons. The summed E-state index contributed by atoms with van der Waals surface area (Å²) in [4.78, 5) is 0. The highest BCUT2D eigenvalue weighted by Gasteiger charge is 2.34. The van der Waals surface area contributed by atoms with E-state index in [1.54, 1.807) is 0 Å². The summed E-state index contributed by atoms with van der Waals surface area (Å²) in [5, 5.41) is 0. The van der Waals surface area contributed by atoms with Crippen LogP contribution in [0.5, 0.6) is 11.5 Å². The smallest absolute Gasteiger partial charge is 0.128 e. The van der Waals surface area contributed by atoms with Crippen LogP contribution in [-0.4, -0.2) is 11.7 Å². The third-order valence-electron chi connectivity index (χ3n) is 4.05. The van der Waals surface area contributed by atoms with Gasteiger partial charge in [-0.05, 0) is 32.8 Å². The van der Waals surface area contributed by atoms with Gasteiger partial charge < -0.3 is 15.2 Å². The van der Waals surface area contributed by atoms with Gasteiger partial charge in [-0.15, -0.1) is 0 Å². The first-order valence-electron chi connectivity index (χ1n) is 7.22. The summed E-state index contributed by atoms with van der Waals surface area (Å²) in [7, 11) is 0. The van der Waals surface area contributed by atoms with Gasteiger partial charge in [0, 0.05) is 24.1 Å². The van der Waals surface area contributed by atoms with Crippen molar-refractivity contribution in [1.82, 2.24) is 0 Å². The van der Waals surface area contributed by atoms with Gasteiger partial charge in [0.15, 0.2) is 0 Å². The lowest BCUT2D eigenvalue weighted by atomic mass is 9.87. The van der Waals surface area contributed by atoms with Gasteiger partial charge in [0.1, 0.15) is 17.1 Å². The number of hydrogen-bond acceptors (Lipinski definition) is 3. The first-order valence-corrected chi connectivity index (χ1v) is 7.22. The van der Waals surface area contributed by atoms with E-state index in [1.807, 2.05) is 18.2 Å². The van der Waals surface area contributed by atoms with E-state index in [9.17, 15) is 0 Å². The Kier molecular flexibility index (Phi) is 4.04. The van der Waals surface area contributed by atoms with Gasteiger partial charge in [0.05, 0.1) is 6.10 Å². The van der Waals surface area contributed by atoms with Crippen LogP contribution in [0.25, 0.3) is 0 Å². The van der Waals surface area contributed by atoms with Crippen molar-refractivity contribution >= 4 is 0 Å². The average molecular weight is 263 g/mol. The summed E-state index contributed by atoms with van der Waals surface area (Å²) in [6.45, 7) is 8.45. The number of nitrogens with two attached hydrogens (primary N) is 1. The van der Waals surface area contributed by atoms with Crippen LogP contribution < -0.4 is 15.2 Å². The zero-order chi connectivity index (χ0) is 14.0. The Bertz CT molecular complexity index is 446. The SMILES string of the molecule is CCC(C)Oc1ccc2c(c1)OC(C)(CC)CC2N. The topological polar surface area (TPSA) is 44.5 Å².